The van der Waals surface area contributed by atoms with Gasteiger partial charge in [-0.1, -0.05) is 13.0 Å². The molecule has 0 aliphatic carbocycles. The molecule has 1 amide bonds. The van der Waals surface area contributed by atoms with E-state index in [-0.39, 0.29) is 11.9 Å². The van der Waals surface area contributed by atoms with Crippen molar-refractivity contribution in [2.45, 2.75) is 32.7 Å². The molecule has 24 heavy (non-hydrogen) atoms. The van der Waals surface area contributed by atoms with Crippen molar-refractivity contribution in [1.29, 1.82) is 0 Å². The molecular formula is C19H24N4O. The van der Waals surface area contributed by atoms with Crippen LogP contribution in [-0.4, -0.2) is 29.0 Å². The van der Waals surface area contributed by atoms with Crippen molar-refractivity contribution in [2.24, 2.45) is 5.92 Å². The standard InChI is InChI=1S/C19H24N4O/c1-14-7-10-23(11-8-14)18-6-5-17(13-21-18)19(24)22-15(2)16-4-3-9-20-12-16/h3-6,9,12-15H,7-8,10-11H2,1-2H3,(H,22,24)/t15-/m1/s1. The van der Waals surface area contributed by atoms with Gasteiger partial charge in [0.15, 0.2) is 0 Å². The Morgan fingerprint density at radius 2 is 2.04 bits per heavy atom. The highest BCUT2D eigenvalue weighted by Crippen LogP contribution is 2.21. The van der Waals surface area contributed by atoms with Crippen molar-refractivity contribution in [2.75, 3.05) is 18.0 Å². The Hall–Kier alpha value is -2.43. The molecular weight excluding hydrogens is 300 g/mol. The number of rotatable bonds is 4. The van der Waals surface area contributed by atoms with Gasteiger partial charge in [-0.3, -0.25) is 9.78 Å². The third-order valence-electron chi connectivity index (χ3n) is 4.65. The monoisotopic (exact) mass is 324 g/mol. The van der Waals surface area contributed by atoms with E-state index in [0.29, 0.717) is 5.56 Å². The number of nitrogens with zero attached hydrogens (tertiary/aromatic N) is 3. The Morgan fingerprint density at radius 1 is 1.25 bits per heavy atom. The fourth-order valence-electron chi connectivity index (χ4n) is 2.94. The minimum absolute atomic E-state index is 0.0885. The molecule has 1 N–H and O–H groups in total. The average molecular weight is 324 g/mol. The van der Waals surface area contributed by atoms with Crippen LogP contribution >= 0.6 is 0 Å². The van der Waals surface area contributed by atoms with Gasteiger partial charge in [-0.05, 0) is 49.4 Å². The van der Waals surface area contributed by atoms with Crippen molar-refractivity contribution in [3.63, 3.8) is 0 Å². The number of aromatic nitrogens is 2. The van der Waals surface area contributed by atoms with Gasteiger partial charge in [0, 0.05) is 31.7 Å². The summed E-state index contributed by atoms with van der Waals surface area (Å²) in [5, 5.41) is 2.98. The second kappa shape index (κ2) is 7.43. The smallest absolute Gasteiger partial charge is 0.253 e. The Morgan fingerprint density at radius 3 is 2.67 bits per heavy atom. The third kappa shape index (κ3) is 3.91. The Balaban J connectivity index is 1.61. The summed E-state index contributed by atoms with van der Waals surface area (Å²) in [7, 11) is 0. The number of carbonyl (C=O) groups is 1. The number of anilines is 1. The molecule has 0 unspecified atom stereocenters. The fourth-order valence-corrected chi connectivity index (χ4v) is 2.94. The molecule has 0 spiro atoms. The maximum atomic E-state index is 12.4. The number of hydrogen-bond acceptors (Lipinski definition) is 4. The van der Waals surface area contributed by atoms with Crippen LogP contribution in [0.3, 0.4) is 0 Å². The lowest BCUT2D eigenvalue weighted by Crippen LogP contribution is -2.33. The average Bonchev–Trinajstić information content (AvgIpc) is 2.63. The van der Waals surface area contributed by atoms with Crippen molar-refractivity contribution < 1.29 is 4.79 Å². The molecule has 1 atom stereocenters. The first-order valence-corrected chi connectivity index (χ1v) is 8.55. The molecule has 0 bridgehead atoms. The molecule has 126 valence electrons. The van der Waals surface area contributed by atoms with Crippen molar-refractivity contribution in [1.82, 2.24) is 15.3 Å². The van der Waals surface area contributed by atoms with Gasteiger partial charge < -0.3 is 10.2 Å². The number of carbonyl (C=O) groups excluding carboxylic acids is 1. The van der Waals surface area contributed by atoms with Gasteiger partial charge in [-0.2, -0.15) is 0 Å². The Kier molecular flexibility index (Phi) is 5.08. The minimum Gasteiger partial charge on any atom is -0.357 e. The second-order valence-corrected chi connectivity index (χ2v) is 6.56. The van der Waals surface area contributed by atoms with Crippen LogP contribution in [0.1, 0.15) is 48.7 Å². The Bertz CT molecular complexity index is 664. The van der Waals surface area contributed by atoms with E-state index < -0.39 is 0 Å². The SMILES string of the molecule is CC1CCN(c2ccc(C(=O)N[C@H](C)c3cccnc3)cn2)CC1. The van der Waals surface area contributed by atoms with Crippen LogP contribution in [-0.2, 0) is 0 Å². The van der Waals surface area contributed by atoms with Gasteiger partial charge in [0.2, 0.25) is 0 Å². The maximum Gasteiger partial charge on any atom is 0.253 e. The second-order valence-electron chi connectivity index (χ2n) is 6.56. The van der Waals surface area contributed by atoms with Crippen LogP contribution in [0.5, 0.6) is 0 Å². The van der Waals surface area contributed by atoms with Crippen LogP contribution in [0.25, 0.3) is 0 Å². The van der Waals surface area contributed by atoms with E-state index in [2.05, 4.69) is 27.1 Å². The van der Waals surface area contributed by atoms with Crippen molar-refractivity contribution in [3.05, 3.63) is 54.0 Å². The number of amides is 1. The Labute approximate surface area is 143 Å². The molecule has 5 heteroatoms. The summed E-state index contributed by atoms with van der Waals surface area (Å²) in [5.74, 6) is 1.64. The summed E-state index contributed by atoms with van der Waals surface area (Å²) in [5.41, 5.74) is 1.57. The molecule has 1 saturated heterocycles. The summed E-state index contributed by atoms with van der Waals surface area (Å²) in [6, 6.07) is 7.53. The highest BCUT2D eigenvalue weighted by atomic mass is 16.1. The van der Waals surface area contributed by atoms with E-state index in [9.17, 15) is 4.79 Å². The largest absolute Gasteiger partial charge is 0.357 e. The first kappa shape index (κ1) is 16.4. The van der Waals surface area contributed by atoms with Crippen molar-refractivity contribution >= 4 is 11.7 Å². The quantitative estimate of drug-likeness (QED) is 0.938. The summed E-state index contributed by atoms with van der Waals surface area (Å²) in [6.45, 7) is 6.32. The first-order chi connectivity index (χ1) is 11.6. The van der Waals surface area contributed by atoms with Gasteiger partial charge >= 0.3 is 0 Å². The molecule has 0 saturated carbocycles. The molecule has 5 nitrogen and oxygen atoms in total. The van der Waals surface area contributed by atoms with Crippen LogP contribution in [0.4, 0.5) is 5.82 Å². The predicted octanol–water partition coefficient (Wildman–Crippen LogP) is 3.20. The van der Waals surface area contributed by atoms with Crippen molar-refractivity contribution in [3.8, 4) is 0 Å². The summed E-state index contributed by atoms with van der Waals surface area (Å²) in [4.78, 5) is 23.2. The molecule has 3 heterocycles. The highest BCUT2D eigenvalue weighted by Gasteiger charge is 2.17. The molecule has 0 aromatic carbocycles. The molecule has 1 aliphatic heterocycles. The van der Waals surface area contributed by atoms with E-state index in [4.69, 9.17) is 0 Å². The van der Waals surface area contributed by atoms with E-state index in [1.54, 1.807) is 18.6 Å². The molecule has 1 fully saturated rings. The van der Waals surface area contributed by atoms with E-state index >= 15 is 0 Å². The number of hydrogen-bond donors (Lipinski definition) is 1. The topological polar surface area (TPSA) is 58.1 Å². The lowest BCUT2D eigenvalue weighted by Gasteiger charge is -2.31. The third-order valence-corrected chi connectivity index (χ3v) is 4.65. The molecule has 0 radical (unpaired) electrons. The lowest BCUT2D eigenvalue weighted by molar-refractivity contribution is 0.0939. The molecule has 1 aliphatic rings. The van der Waals surface area contributed by atoms with Gasteiger partial charge in [0.1, 0.15) is 5.82 Å². The van der Waals surface area contributed by atoms with E-state index in [1.165, 1.54) is 12.8 Å². The molecule has 2 aromatic rings. The zero-order valence-corrected chi connectivity index (χ0v) is 14.3. The van der Waals surface area contributed by atoms with Crippen LogP contribution in [0.15, 0.2) is 42.9 Å². The highest BCUT2D eigenvalue weighted by molar-refractivity contribution is 5.94. The summed E-state index contributed by atoms with van der Waals surface area (Å²) >= 11 is 0. The zero-order valence-electron chi connectivity index (χ0n) is 14.3. The summed E-state index contributed by atoms with van der Waals surface area (Å²) < 4.78 is 0. The van der Waals surface area contributed by atoms with Gasteiger partial charge in [-0.15, -0.1) is 0 Å². The zero-order chi connectivity index (χ0) is 16.9. The fraction of sp³-hybridized carbons (Fsp3) is 0.421. The number of piperidine rings is 1. The first-order valence-electron chi connectivity index (χ1n) is 8.55. The van der Waals surface area contributed by atoms with Gasteiger partial charge in [-0.25, -0.2) is 4.98 Å². The van der Waals surface area contributed by atoms with E-state index in [0.717, 1.165) is 30.4 Å². The number of pyridine rings is 2. The van der Waals surface area contributed by atoms with Crippen LogP contribution in [0.2, 0.25) is 0 Å². The maximum absolute atomic E-state index is 12.4. The van der Waals surface area contributed by atoms with Crippen LogP contribution < -0.4 is 10.2 Å². The molecule has 3 rings (SSSR count). The summed E-state index contributed by atoms with van der Waals surface area (Å²) in [6.07, 6.45) is 7.56. The van der Waals surface area contributed by atoms with Crippen LogP contribution in [0, 0.1) is 5.92 Å². The normalized spacial score (nSPS) is 16.7. The lowest BCUT2D eigenvalue weighted by atomic mass is 9.99. The van der Waals surface area contributed by atoms with E-state index in [1.807, 2.05) is 31.2 Å². The van der Waals surface area contributed by atoms with Gasteiger partial charge in [0.25, 0.3) is 5.91 Å². The number of nitrogens with one attached hydrogen (secondary N) is 1. The predicted molar refractivity (Wildman–Crippen MR) is 95.0 cm³/mol. The molecule has 2 aromatic heterocycles. The van der Waals surface area contributed by atoms with Gasteiger partial charge in [0.05, 0.1) is 11.6 Å². The minimum atomic E-state index is -0.113.